The van der Waals surface area contributed by atoms with E-state index in [0.29, 0.717) is 5.56 Å². The van der Waals surface area contributed by atoms with E-state index >= 15 is 0 Å². The van der Waals surface area contributed by atoms with Crippen molar-refractivity contribution in [2.45, 2.75) is 32.0 Å². The molecule has 0 unspecified atom stereocenters. The minimum absolute atomic E-state index is 0. The first-order valence-electron chi connectivity index (χ1n) is 7.67. The lowest BCUT2D eigenvalue weighted by molar-refractivity contribution is -0.139. The SMILES string of the molecule is CCC[C@H](c1ccc(OC)cc1C(F)(F)F)N1CCNCC1.Cl. The van der Waals surface area contributed by atoms with Crippen LogP contribution in [0.4, 0.5) is 13.2 Å². The van der Waals surface area contributed by atoms with Crippen LogP contribution in [0.3, 0.4) is 0 Å². The van der Waals surface area contributed by atoms with Crippen molar-refractivity contribution in [3.05, 3.63) is 29.3 Å². The van der Waals surface area contributed by atoms with Crippen molar-refractivity contribution in [2.24, 2.45) is 0 Å². The first-order chi connectivity index (χ1) is 10.5. The summed E-state index contributed by atoms with van der Waals surface area (Å²) in [5, 5.41) is 3.24. The number of hydrogen-bond donors (Lipinski definition) is 1. The van der Waals surface area contributed by atoms with Crippen molar-refractivity contribution in [1.29, 1.82) is 0 Å². The zero-order valence-electron chi connectivity index (χ0n) is 13.4. The number of benzene rings is 1. The minimum atomic E-state index is -4.37. The molecule has 0 aromatic heterocycles. The van der Waals surface area contributed by atoms with Gasteiger partial charge in [0.05, 0.1) is 12.7 Å². The van der Waals surface area contributed by atoms with Gasteiger partial charge in [0, 0.05) is 32.2 Å². The number of nitrogens with zero attached hydrogens (tertiary/aromatic N) is 1. The molecule has 1 aromatic carbocycles. The van der Waals surface area contributed by atoms with E-state index in [9.17, 15) is 13.2 Å². The maximum atomic E-state index is 13.4. The second-order valence-corrected chi connectivity index (χ2v) is 5.54. The summed E-state index contributed by atoms with van der Waals surface area (Å²) in [5.74, 6) is 0.242. The summed E-state index contributed by atoms with van der Waals surface area (Å²) < 4.78 is 45.3. The van der Waals surface area contributed by atoms with Gasteiger partial charge in [0.15, 0.2) is 0 Å². The van der Waals surface area contributed by atoms with Crippen LogP contribution in [-0.4, -0.2) is 38.2 Å². The molecule has 0 radical (unpaired) electrons. The van der Waals surface area contributed by atoms with Crippen LogP contribution >= 0.6 is 12.4 Å². The average molecular weight is 353 g/mol. The van der Waals surface area contributed by atoms with E-state index < -0.39 is 11.7 Å². The number of alkyl halides is 3. The van der Waals surface area contributed by atoms with Gasteiger partial charge in [-0.2, -0.15) is 13.2 Å². The molecule has 2 rings (SSSR count). The van der Waals surface area contributed by atoms with Crippen molar-refractivity contribution >= 4 is 12.4 Å². The molecule has 7 heteroatoms. The van der Waals surface area contributed by atoms with E-state index in [-0.39, 0.29) is 24.2 Å². The molecule has 1 aliphatic heterocycles. The summed E-state index contributed by atoms with van der Waals surface area (Å²) in [6.07, 6.45) is -2.81. The van der Waals surface area contributed by atoms with Gasteiger partial charge in [0.1, 0.15) is 5.75 Å². The molecule has 23 heavy (non-hydrogen) atoms. The van der Waals surface area contributed by atoms with E-state index in [0.717, 1.165) is 45.1 Å². The van der Waals surface area contributed by atoms with E-state index in [1.807, 2.05) is 6.92 Å². The van der Waals surface area contributed by atoms with Crippen LogP contribution in [0, 0.1) is 0 Å². The number of piperazine rings is 1. The highest BCUT2D eigenvalue weighted by Gasteiger charge is 2.37. The Hall–Kier alpha value is -0.980. The molecule has 1 atom stereocenters. The molecular weight excluding hydrogens is 329 g/mol. The standard InChI is InChI=1S/C16H23F3N2O.ClH/c1-3-4-15(21-9-7-20-8-10-21)13-6-5-12(22-2)11-14(13)16(17,18)19;/h5-6,11,15,20H,3-4,7-10H2,1-2H3;1H/t15-;/m1./s1. The third kappa shape index (κ3) is 4.99. The fourth-order valence-electron chi connectivity index (χ4n) is 3.00. The molecule has 1 fully saturated rings. The Morgan fingerprint density at radius 1 is 1.26 bits per heavy atom. The third-order valence-electron chi connectivity index (χ3n) is 4.08. The highest BCUT2D eigenvalue weighted by Crippen LogP contribution is 2.39. The van der Waals surface area contributed by atoms with E-state index in [2.05, 4.69) is 10.2 Å². The highest BCUT2D eigenvalue weighted by atomic mass is 35.5. The Morgan fingerprint density at radius 2 is 1.91 bits per heavy atom. The summed E-state index contributed by atoms with van der Waals surface area (Å²) >= 11 is 0. The fourth-order valence-corrected chi connectivity index (χ4v) is 3.00. The molecule has 0 spiro atoms. The number of hydrogen-bond acceptors (Lipinski definition) is 3. The van der Waals surface area contributed by atoms with Crippen molar-refractivity contribution in [2.75, 3.05) is 33.3 Å². The molecule has 132 valence electrons. The Kier molecular flexibility index (Phi) is 7.64. The molecule has 1 aromatic rings. The Labute approximate surface area is 141 Å². The van der Waals surface area contributed by atoms with Crippen LogP contribution in [0.1, 0.15) is 36.9 Å². The quantitative estimate of drug-likeness (QED) is 0.870. The van der Waals surface area contributed by atoms with Gasteiger partial charge in [-0.25, -0.2) is 0 Å². The van der Waals surface area contributed by atoms with Crippen LogP contribution in [0.15, 0.2) is 18.2 Å². The average Bonchev–Trinajstić information content (AvgIpc) is 2.52. The number of rotatable bonds is 5. The maximum absolute atomic E-state index is 13.4. The van der Waals surface area contributed by atoms with Crippen LogP contribution in [0.5, 0.6) is 5.75 Å². The van der Waals surface area contributed by atoms with Gasteiger partial charge in [-0.1, -0.05) is 19.4 Å². The number of methoxy groups -OCH3 is 1. The topological polar surface area (TPSA) is 24.5 Å². The predicted molar refractivity (Wildman–Crippen MR) is 87.3 cm³/mol. The number of halogens is 4. The lowest BCUT2D eigenvalue weighted by atomic mass is 9.94. The highest BCUT2D eigenvalue weighted by molar-refractivity contribution is 5.85. The molecule has 1 heterocycles. The molecule has 1 saturated heterocycles. The zero-order valence-corrected chi connectivity index (χ0v) is 14.3. The molecule has 0 saturated carbocycles. The predicted octanol–water partition coefficient (Wildman–Crippen LogP) is 3.88. The van der Waals surface area contributed by atoms with Crippen LogP contribution in [-0.2, 0) is 6.18 Å². The molecule has 3 nitrogen and oxygen atoms in total. The first-order valence-corrected chi connectivity index (χ1v) is 7.67. The third-order valence-corrected chi connectivity index (χ3v) is 4.08. The second-order valence-electron chi connectivity index (χ2n) is 5.54. The molecule has 0 bridgehead atoms. The zero-order chi connectivity index (χ0) is 16.2. The summed E-state index contributed by atoms with van der Waals surface area (Å²) in [4.78, 5) is 2.15. The van der Waals surface area contributed by atoms with Crippen LogP contribution in [0.2, 0.25) is 0 Å². The van der Waals surface area contributed by atoms with Gasteiger partial charge >= 0.3 is 6.18 Å². The van der Waals surface area contributed by atoms with Crippen molar-refractivity contribution in [3.63, 3.8) is 0 Å². The van der Waals surface area contributed by atoms with E-state index in [4.69, 9.17) is 4.74 Å². The molecule has 0 amide bonds. The number of nitrogens with one attached hydrogen (secondary N) is 1. The second kappa shape index (κ2) is 8.76. The summed E-state index contributed by atoms with van der Waals surface area (Å²) in [5.41, 5.74) is -0.221. The van der Waals surface area contributed by atoms with Crippen molar-refractivity contribution in [1.82, 2.24) is 10.2 Å². The normalized spacial score (nSPS) is 17.4. The Morgan fingerprint density at radius 3 is 2.43 bits per heavy atom. The molecule has 0 aliphatic carbocycles. The van der Waals surface area contributed by atoms with Gasteiger partial charge in [0.2, 0.25) is 0 Å². The summed E-state index contributed by atoms with van der Waals surface area (Å²) in [6, 6.07) is 4.11. The monoisotopic (exact) mass is 352 g/mol. The van der Waals surface area contributed by atoms with E-state index in [1.165, 1.54) is 7.11 Å². The van der Waals surface area contributed by atoms with Gasteiger partial charge in [-0.05, 0) is 24.1 Å². The summed E-state index contributed by atoms with van der Waals surface area (Å²) in [6.45, 7) is 5.18. The first kappa shape index (κ1) is 20.1. The van der Waals surface area contributed by atoms with Gasteiger partial charge in [-0.3, -0.25) is 4.90 Å². The minimum Gasteiger partial charge on any atom is -0.497 e. The van der Waals surface area contributed by atoms with Crippen LogP contribution in [0.25, 0.3) is 0 Å². The largest absolute Gasteiger partial charge is 0.497 e. The van der Waals surface area contributed by atoms with Gasteiger partial charge < -0.3 is 10.1 Å². The fraction of sp³-hybridized carbons (Fsp3) is 0.625. The molecule has 1 aliphatic rings. The molecule has 1 N–H and O–H groups in total. The van der Waals surface area contributed by atoms with Crippen LogP contribution < -0.4 is 10.1 Å². The maximum Gasteiger partial charge on any atom is 0.416 e. The lowest BCUT2D eigenvalue weighted by Gasteiger charge is -2.36. The van der Waals surface area contributed by atoms with Gasteiger partial charge in [-0.15, -0.1) is 12.4 Å². The Bertz CT molecular complexity index is 491. The molecular formula is C16H24ClF3N2O. The van der Waals surface area contributed by atoms with Gasteiger partial charge in [0.25, 0.3) is 0 Å². The Balaban J connectivity index is 0.00000264. The van der Waals surface area contributed by atoms with Crippen molar-refractivity contribution < 1.29 is 17.9 Å². The lowest BCUT2D eigenvalue weighted by Crippen LogP contribution is -2.45. The van der Waals surface area contributed by atoms with E-state index in [1.54, 1.807) is 12.1 Å². The summed E-state index contributed by atoms with van der Waals surface area (Å²) in [7, 11) is 1.38. The van der Waals surface area contributed by atoms with Crippen molar-refractivity contribution in [3.8, 4) is 5.75 Å². The smallest absolute Gasteiger partial charge is 0.416 e. The number of ether oxygens (including phenoxy) is 1.